The number of aromatic nitrogens is 4. The molecular formula is C25H27ClN4O3. The van der Waals surface area contributed by atoms with Crippen LogP contribution in [0.1, 0.15) is 31.9 Å². The third-order valence-electron chi connectivity index (χ3n) is 5.78. The summed E-state index contributed by atoms with van der Waals surface area (Å²) in [6, 6.07) is 15.6. The van der Waals surface area contributed by atoms with Gasteiger partial charge >= 0.3 is 11.7 Å². The van der Waals surface area contributed by atoms with E-state index < -0.39 is 11.2 Å². The molecule has 0 atom stereocenters. The van der Waals surface area contributed by atoms with Gasteiger partial charge in [-0.05, 0) is 47.2 Å². The quantitative estimate of drug-likeness (QED) is 0.436. The average molecular weight is 467 g/mol. The Hall–Kier alpha value is -3.32. The van der Waals surface area contributed by atoms with Gasteiger partial charge in [0, 0.05) is 25.7 Å². The van der Waals surface area contributed by atoms with E-state index in [0.29, 0.717) is 34.9 Å². The van der Waals surface area contributed by atoms with E-state index in [4.69, 9.17) is 16.3 Å². The molecule has 0 amide bonds. The van der Waals surface area contributed by atoms with Gasteiger partial charge in [-0.1, -0.05) is 56.6 Å². The number of benzene rings is 2. The van der Waals surface area contributed by atoms with Crippen LogP contribution in [0.5, 0.6) is 11.8 Å². The van der Waals surface area contributed by atoms with Crippen LogP contribution in [0.3, 0.4) is 0 Å². The molecule has 2 aromatic carbocycles. The van der Waals surface area contributed by atoms with Crippen LogP contribution in [0.15, 0.2) is 58.1 Å². The molecule has 0 fully saturated rings. The zero-order valence-corrected chi connectivity index (χ0v) is 20.2. The molecule has 0 saturated heterocycles. The highest BCUT2D eigenvalue weighted by Crippen LogP contribution is 2.28. The van der Waals surface area contributed by atoms with E-state index in [0.717, 1.165) is 10.1 Å². The van der Waals surface area contributed by atoms with Crippen LogP contribution in [0, 0.1) is 0 Å². The van der Waals surface area contributed by atoms with Gasteiger partial charge in [0.2, 0.25) is 0 Å². The molecule has 0 aliphatic heterocycles. The zero-order valence-electron chi connectivity index (χ0n) is 19.4. The lowest BCUT2D eigenvalue weighted by Gasteiger charge is -2.19. The van der Waals surface area contributed by atoms with Crippen molar-refractivity contribution in [3.63, 3.8) is 0 Å². The summed E-state index contributed by atoms with van der Waals surface area (Å²) in [5, 5.41) is 0.665. The Balaban J connectivity index is 1.79. The van der Waals surface area contributed by atoms with E-state index >= 15 is 0 Å². The summed E-state index contributed by atoms with van der Waals surface area (Å²) < 4.78 is 10.3. The summed E-state index contributed by atoms with van der Waals surface area (Å²) in [5.74, 6) is 0.605. The van der Waals surface area contributed by atoms with Crippen molar-refractivity contribution in [3.8, 4) is 11.8 Å². The molecule has 172 valence electrons. The van der Waals surface area contributed by atoms with Gasteiger partial charge in [-0.3, -0.25) is 18.5 Å². The summed E-state index contributed by atoms with van der Waals surface area (Å²) >= 11 is 6.00. The second-order valence-corrected chi connectivity index (χ2v) is 9.61. The molecule has 7 nitrogen and oxygen atoms in total. The van der Waals surface area contributed by atoms with Crippen LogP contribution in [0.25, 0.3) is 11.2 Å². The van der Waals surface area contributed by atoms with Gasteiger partial charge in [-0.15, -0.1) is 0 Å². The molecule has 2 aromatic heterocycles. The lowest BCUT2D eigenvalue weighted by molar-refractivity contribution is 0.414. The first-order valence-electron chi connectivity index (χ1n) is 10.8. The first kappa shape index (κ1) is 22.9. The summed E-state index contributed by atoms with van der Waals surface area (Å²) in [7, 11) is 3.06. The van der Waals surface area contributed by atoms with Crippen molar-refractivity contribution in [2.45, 2.75) is 39.2 Å². The third kappa shape index (κ3) is 4.46. The fourth-order valence-corrected chi connectivity index (χ4v) is 3.86. The zero-order chi connectivity index (χ0) is 23.9. The smallest absolute Gasteiger partial charge is 0.332 e. The van der Waals surface area contributed by atoms with E-state index in [-0.39, 0.29) is 11.4 Å². The first-order valence-corrected chi connectivity index (χ1v) is 11.1. The molecule has 4 rings (SSSR count). The van der Waals surface area contributed by atoms with Gasteiger partial charge in [-0.2, -0.15) is 4.98 Å². The highest BCUT2D eigenvalue weighted by Gasteiger charge is 2.21. The maximum Gasteiger partial charge on any atom is 0.332 e. The number of hydrogen-bond acceptors (Lipinski definition) is 4. The highest BCUT2D eigenvalue weighted by atomic mass is 35.5. The van der Waals surface area contributed by atoms with Gasteiger partial charge in [-0.25, -0.2) is 4.79 Å². The van der Waals surface area contributed by atoms with Crippen molar-refractivity contribution >= 4 is 22.8 Å². The molecule has 0 aliphatic carbocycles. The number of hydrogen-bond donors (Lipinski definition) is 0. The Morgan fingerprint density at radius 3 is 2.18 bits per heavy atom. The van der Waals surface area contributed by atoms with Gasteiger partial charge in [0.1, 0.15) is 5.75 Å². The Morgan fingerprint density at radius 2 is 1.58 bits per heavy atom. The van der Waals surface area contributed by atoms with Gasteiger partial charge in [0.05, 0.1) is 0 Å². The summed E-state index contributed by atoms with van der Waals surface area (Å²) in [4.78, 5) is 30.0. The average Bonchev–Trinajstić information content (AvgIpc) is 3.14. The minimum absolute atomic E-state index is 0.0226. The van der Waals surface area contributed by atoms with E-state index in [1.54, 1.807) is 11.6 Å². The normalized spacial score (nSPS) is 11.8. The van der Waals surface area contributed by atoms with Crippen LogP contribution in [0.2, 0.25) is 5.02 Å². The summed E-state index contributed by atoms with van der Waals surface area (Å²) in [6.45, 7) is 6.89. The van der Waals surface area contributed by atoms with Gasteiger partial charge in [0.25, 0.3) is 5.56 Å². The lowest BCUT2D eigenvalue weighted by Crippen LogP contribution is -2.37. The lowest BCUT2D eigenvalue weighted by atomic mass is 9.87. The second-order valence-electron chi connectivity index (χ2n) is 9.18. The molecular weight excluding hydrogens is 440 g/mol. The van der Waals surface area contributed by atoms with Crippen molar-refractivity contribution in [2.75, 3.05) is 0 Å². The second kappa shape index (κ2) is 8.56. The van der Waals surface area contributed by atoms with Crippen molar-refractivity contribution in [1.82, 2.24) is 18.7 Å². The Morgan fingerprint density at radius 1 is 0.939 bits per heavy atom. The number of fused-ring (bicyclic) bond motifs is 1. The van der Waals surface area contributed by atoms with E-state index in [1.807, 2.05) is 48.5 Å². The van der Waals surface area contributed by atoms with Crippen LogP contribution < -0.4 is 16.0 Å². The standard InChI is InChI=1S/C25H27ClN4O3/c1-25(2,3)17-8-12-19(13-9-17)33-23-27-21-20(22(31)29(5)24(32)28(21)4)30(23)15-14-16-6-10-18(26)11-7-16/h6-13H,14-15H2,1-5H3. The van der Waals surface area contributed by atoms with Crippen LogP contribution >= 0.6 is 11.6 Å². The Bertz CT molecular complexity index is 1420. The fourth-order valence-electron chi connectivity index (χ4n) is 3.73. The third-order valence-corrected chi connectivity index (χ3v) is 6.03. The molecule has 8 heteroatoms. The molecule has 0 radical (unpaired) electrons. The van der Waals surface area contributed by atoms with Crippen LogP contribution in [-0.4, -0.2) is 18.7 Å². The number of aryl methyl sites for hydroxylation is 3. The maximum atomic E-state index is 13.0. The number of halogens is 1. The molecule has 33 heavy (non-hydrogen) atoms. The summed E-state index contributed by atoms with van der Waals surface area (Å²) in [5.41, 5.74) is 2.04. The molecule has 2 heterocycles. The van der Waals surface area contributed by atoms with E-state index in [2.05, 4.69) is 25.8 Å². The maximum absolute atomic E-state index is 13.0. The van der Waals surface area contributed by atoms with E-state index in [1.165, 1.54) is 17.2 Å². The number of imidazole rings is 1. The SMILES string of the molecule is Cn1c(=O)c2c(nc(Oc3ccc(C(C)(C)C)cc3)n2CCc2ccc(Cl)cc2)n(C)c1=O. The van der Waals surface area contributed by atoms with Crippen LogP contribution in [-0.2, 0) is 32.5 Å². The number of ether oxygens (including phenoxy) is 1. The molecule has 0 bridgehead atoms. The van der Waals surface area contributed by atoms with Gasteiger partial charge < -0.3 is 4.74 Å². The first-order chi connectivity index (χ1) is 15.6. The minimum Gasteiger partial charge on any atom is -0.425 e. The van der Waals surface area contributed by atoms with Gasteiger partial charge in [0.15, 0.2) is 11.2 Å². The fraction of sp³-hybridized carbons (Fsp3) is 0.320. The van der Waals surface area contributed by atoms with E-state index in [9.17, 15) is 9.59 Å². The van der Waals surface area contributed by atoms with Crippen LogP contribution in [0.4, 0.5) is 0 Å². The van der Waals surface area contributed by atoms with Crippen molar-refractivity contribution in [1.29, 1.82) is 0 Å². The summed E-state index contributed by atoms with van der Waals surface area (Å²) in [6.07, 6.45) is 0.633. The minimum atomic E-state index is -0.434. The predicted octanol–water partition coefficient (Wildman–Crippen LogP) is 4.42. The Labute approximate surface area is 196 Å². The highest BCUT2D eigenvalue weighted by molar-refractivity contribution is 6.30. The molecule has 4 aromatic rings. The molecule has 0 saturated carbocycles. The number of rotatable bonds is 5. The molecule has 0 aliphatic rings. The molecule has 0 spiro atoms. The molecule has 0 N–H and O–H groups in total. The predicted molar refractivity (Wildman–Crippen MR) is 131 cm³/mol. The number of nitrogens with zero attached hydrogens (tertiary/aromatic N) is 4. The monoisotopic (exact) mass is 466 g/mol. The van der Waals surface area contributed by atoms with Crippen molar-refractivity contribution in [2.24, 2.45) is 14.1 Å². The largest absolute Gasteiger partial charge is 0.425 e. The van der Waals surface area contributed by atoms with Crippen molar-refractivity contribution < 1.29 is 4.74 Å². The molecule has 0 unspecified atom stereocenters. The van der Waals surface area contributed by atoms with Crippen molar-refractivity contribution in [3.05, 3.63) is 85.5 Å². The topological polar surface area (TPSA) is 71.1 Å². The Kier molecular flexibility index (Phi) is 5.93.